The first-order valence-electron chi connectivity index (χ1n) is 5.86. The van der Waals surface area contributed by atoms with Gasteiger partial charge in [0.15, 0.2) is 0 Å². The van der Waals surface area contributed by atoms with Gasteiger partial charge in [0.05, 0.1) is 5.56 Å². The molecule has 0 radical (unpaired) electrons. The van der Waals surface area contributed by atoms with Crippen molar-refractivity contribution in [1.29, 1.82) is 0 Å². The number of fused-ring (bicyclic) bond motifs is 1. The molecule has 2 nitrogen and oxygen atoms in total. The molecule has 0 saturated carbocycles. The number of benzene rings is 1. The highest BCUT2D eigenvalue weighted by atomic mass is 19.4. The molecule has 0 spiro atoms. The standard InChI is InChI=1S/C13H16F3NO/c1-8(2)17-6-10-4-9(3)5-11(13(14,15)16)12(10)18-7-17/h4-5,8H,6-7H2,1-3H3. The summed E-state index contributed by atoms with van der Waals surface area (Å²) in [6.45, 7) is 6.36. The minimum atomic E-state index is -4.36. The van der Waals surface area contributed by atoms with E-state index in [0.717, 1.165) is 6.07 Å². The number of aryl methyl sites for hydroxylation is 1. The van der Waals surface area contributed by atoms with Gasteiger partial charge in [0, 0.05) is 18.2 Å². The molecule has 1 aromatic rings. The van der Waals surface area contributed by atoms with Gasteiger partial charge in [-0.05, 0) is 32.4 Å². The van der Waals surface area contributed by atoms with Gasteiger partial charge in [-0.25, -0.2) is 0 Å². The molecule has 0 amide bonds. The molecular formula is C13H16F3NO. The molecule has 1 heterocycles. The molecule has 0 saturated heterocycles. The van der Waals surface area contributed by atoms with Gasteiger partial charge < -0.3 is 4.74 Å². The van der Waals surface area contributed by atoms with Crippen molar-refractivity contribution in [3.8, 4) is 5.75 Å². The molecule has 2 rings (SSSR count). The van der Waals surface area contributed by atoms with Crippen molar-refractivity contribution in [3.05, 3.63) is 28.8 Å². The highest BCUT2D eigenvalue weighted by Crippen LogP contribution is 2.41. The van der Waals surface area contributed by atoms with Crippen molar-refractivity contribution in [2.24, 2.45) is 0 Å². The number of hydrogen-bond donors (Lipinski definition) is 0. The van der Waals surface area contributed by atoms with E-state index in [1.165, 1.54) is 0 Å². The zero-order valence-electron chi connectivity index (χ0n) is 10.6. The number of alkyl halides is 3. The highest BCUT2D eigenvalue weighted by Gasteiger charge is 2.37. The van der Waals surface area contributed by atoms with Crippen LogP contribution >= 0.6 is 0 Å². The highest BCUT2D eigenvalue weighted by molar-refractivity contribution is 5.46. The number of halogens is 3. The van der Waals surface area contributed by atoms with Gasteiger partial charge in [-0.15, -0.1) is 0 Å². The van der Waals surface area contributed by atoms with Crippen molar-refractivity contribution >= 4 is 0 Å². The minimum absolute atomic E-state index is 0.00926. The van der Waals surface area contributed by atoms with Gasteiger partial charge in [-0.2, -0.15) is 13.2 Å². The fourth-order valence-corrected chi connectivity index (χ4v) is 2.09. The third-order valence-corrected chi connectivity index (χ3v) is 3.09. The molecule has 5 heteroatoms. The van der Waals surface area contributed by atoms with Crippen LogP contribution in [0, 0.1) is 6.92 Å². The van der Waals surface area contributed by atoms with Crippen LogP contribution in [0.3, 0.4) is 0 Å². The first-order valence-corrected chi connectivity index (χ1v) is 5.86. The van der Waals surface area contributed by atoms with Gasteiger partial charge in [0.2, 0.25) is 0 Å². The molecule has 0 fully saturated rings. The van der Waals surface area contributed by atoms with Crippen LogP contribution in [0.2, 0.25) is 0 Å². The second-order valence-corrected chi connectivity index (χ2v) is 4.91. The Morgan fingerprint density at radius 2 is 1.94 bits per heavy atom. The summed E-state index contributed by atoms with van der Waals surface area (Å²) in [4.78, 5) is 1.99. The maximum Gasteiger partial charge on any atom is 0.419 e. The minimum Gasteiger partial charge on any atom is -0.477 e. The predicted octanol–water partition coefficient (Wildman–Crippen LogP) is 3.57. The van der Waals surface area contributed by atoms with Gasteiger partial charge in [0.25, 0.3) is 0 Å². The monoisotopic (exact) mass is 259 g/mol. The van der Waals surface area contributed by atoms with Crippen LogP contribution in [0.15, 0.2) is 12.1 Å². The van der Waals surface area contributed by atoms with E-state index in [0.29, 0.717) is 17.7 Å². The van der Waals surface area contributed by atoms with Crippen molar-refractivity contribution in [3.63, 3.8) is 0 Å². The molecular weight excluding hydrogens is 243 g/mol. The molecule has 100 valence electrons. The lowest BCUT2D eigenvalue weighted by Gasteiger charge is -2.33. The number of hydrogen-bond acceptors (Lipinski definition) is 2. The lowest BCUT2D eigenvalue weighted by atomic mass is 10.0. The first-order chi connectivity index (χ1) is 8.29. The van der Waals surface area contributed by atoms with Crippen molar-refractivity contribution in [2.75, 3.05) is 6.73 Å². The molecule has 0 N–H and O–H groups in total. The van der Waals surface area contributed by atoms with E-state index in [1.54, 1.807) is 13.0 Å². The van der Waals surface area contributed by atoms with Crippen LogP contribution in [-0.2, 0) is 12.7 Å². The molecule has 1 aliphatic heterocycles. The van der Waals surface area contributed by atoms with Gasteiger partial charge >= 0.3 is 6.18 Å². The zero-order valence-corrected chi connectivity index (χ0v) is 10.6. The van der Waals surface area contributed by atoms with Crippen LogP contribution in [0.25, 0.3) is 0 Å². The molecule has 1 aromatic carbocycles. The van der Waals surface area contributed by atoms with Crippen LogP contribution in [-0.4, -0.2) is 17.7 Å². The molecule has 0 aliphatic carbocycles. The quantitative estimate of drug-likeness (QED) is 0.764. The Balaban J connectivity index is 2.44. The molecule has 0 unspecified atom stereocenters. The van der Waals surface area contributed by atoms with Gasteiger partial charge in [-0.1, -0.05) is 6.07 Å². The Bertz CT molecular complexity index is 454. The molecule has 18 heavy (non-hydrogen) atoms. The number of ether oxygens (including phenoxy) is 1. The van der Waals surface area contributed by atoms with E-state index in [-0.39, 0.29) is 18.5 Å². The second-order valence-electron chi connectivity index (χ2n) is 4.91. The maximum absolute atomic E-state index is 12.9. The van der Waals surface area contributed by atoms with Crippen LogP contribution in [0.4, 0.5) is 13.2 Å². The Labute approximate surface area is 104 Å². The SMILES string of the molecule is Cc1cc2c(c(C(F)(F)F)c1)OCN(C(C)C)C2. The van der Waals surface area contributed by atoms with E-state index < -0.39 is 11.7 Å². The average Bonchev–Trinajstić information content (AvgIpc) is 2.25. The second kappa shape index (κ2) is 4.46. The Morgan fingerprint density at radius 3 is 2.50 bits per heavy atom. The summed E-state index contributed by atoms with van der Waals surface area (Å²) in [5.74, 6) is -0.00926. The third kappa shape index (κ3) is 2.46. The third-order valence-electron chi connectivity index (χ3n) is 3.09. The summed E-state index contributed by atoms with van der Waals surface area (Å²) in [5, 5.41) is 0. The Hall–Kier alpha value is -1.23. The Morgan fingerprint density at radius 1 is 1.28 bits per heavy atom. The van der Waals surface area contributed by atoms with Gasteiger partial charge in [0.1, 0.15) is 12.5 Å². The normalized spacial score (nSPS) is 16.6. The van der Waals surface area contributed by atoms with E-state index >= 15 is 0 Å². The summed E-state index contributed by atoms with van der Waals surface area (Å²) in [6.07, 6.45) is -4.36. The summed E-state index contributed by atoms with van der Waals surface area (Å²) in [7, 11) is 0. The van der Waals surface area contributed by atoms with E-state index in [2.05, 4.69) is 0 Å². The predicted molar refractivity (Wildman–Crippen MR) is 62.4 cm³/mol. The molecule has 1 aliphatic rings. The van der Waals surface area contributed by atoms with Crippen LogP contribution < -0.4 is 4.74 Å². The van der Waals surface area contributed by atoms with Crippen LogP contribution in [0.5, 0.6) is 5.75 Å². The summed E-state index contributed by atoms with van der Waals surface area (Å²) in [6, 6.07) is 3.15. The summed E-state index contributed by atoms with van der Waals surface area (Å²) in [5.41, 5.74) is 0.554. The Kier molecular flexibility index (Phi) is 3.27. The van der Waals surface area contributed by atoms with E-state index in [4.69, 9.17) is 4.74 Å². The fraction of sp³-hybridized carbons (Fsp3) is 0.538. The maximum atomic E-state index is 12.9. The molecule has 0 atom stereocenters. The lowest BCUT2D eigenvalue weighted by Crippen LogP contribution is -2.37. The fourth-order valence-electron chi connectivity index (χ4n) is 2.09. The van der Waals surface area contributed by atoms with E-state index in [1.807, 2.05) is 18.7 Å². The zero-order chi connectivity index (χ0) is 13.5. The average molecular weight is 259 g/mol. The number of nitrogens with zero attached hydrogens (tertiary/aromatic N) is 1. The molecule has 0 bridgehead atoms. The molecule has 0 aromatic heterocycles. The number of rotatable bonds is 1. The summed E-state index contributed by atoms with van der Waals surface area (Å²) >= 11 is 0. The summed E-state index contributed by atoms with van der Waals surface area (Å²) < 4.78 is 44.1. The van der Waals surface area contributed by atoms with Crippen molar-refractivity contribution < 1.29 is 17.9 Å². The van der Waals surface area contributed by atoms with Gasteiger partial charge in [-0.3, -0.25) is 4.90 Å². The topological polar surface area (TPSA) is 12.5 Å². The smallest absolute Gasteiger partial charge is 0.419 e. The lowest BCUT2D eigenvalue weighted by molar-refractivity contribution is -0.139. The van der Waals surface area contributed by atoms with E-state index in [9.17, 15) is 13.2 Å². The van der Waals surface area contributed by atoms with Crippen molar-refractivity contribution in [2.45, 2.75) is 39.5 Å². The first kappa shape index (κ1) is 13.2. The largest absolute Gasteiger partial charge is 0.477 e. The van der Waals surface area contributed by atoms with Crippen LogP contribution in [0.1, 0.15) is 30.5 Å². The van der Waals surface area contributed by atoms with Crippen molar-refractivity contribution in [1.82, 2.24) is 4.90 Å².